The van der Waals surface area contributed by atoms with Crippen LogP contribution in [0.15, 0.2) is 0 Å². The molecule has 0 spiro atoms. The summed E-state index contributed by atoms with van der Waals surface area (Å²) in [6.07, 6.45) is 3.24. The first-order valence-corrected chi connectivity index (χ1v) is 8.01. The summed E-state index contributed by atoms with van der Waals surface area (Å²) in [7, 11) is 0. The van der Waals surface area contributed by atoms with Crippen LogP contribution in [-0.2, 0) is 4.79 Å². The molecule has 1 aliphatic rings. The lowest BCUT2D eigenvalue weighted by Gasteiger charge is -2.30. The van der Waals surface area contributed by atoms with E-state index in [4.69, 9.17) is 0 Å². The highest BCUT2D eigenvalue weighted by Crippen LogP contribution is 2.34. The summed E-state index contributed by atoms with van der Waals surface area (Å²) in [5.74, 6) is 0.790. The maximum absolute atomic E-state index is 12.1. The number of likely N-dealkylation sites (tertiary alicyclic amines) is 1. The largest absolute Gasteiger partial charge is 0.390 e. The number of nitrogens with zero attached hydrogens (tertiary/aromatic N) is 1. The van der Waals surface area contributed by atoms with Crippen LogP contribution in [0.4, 0.5) is 0 Å². The first-order valence-electron chi connectivity index (χ1n) is 8.01. The zero-order valence-corrected chi connectivity index (χ0v) is 13.6. The number of hydrogen-bond donors (Lipinski definition) is 2. The van der Waals surface area contributed by atoms with E-state index in [2.05, 4.69) is 33.0 Å². The van der Waals surface area contributed by atoms with Crippen LogP contribution in [0.5, 0.6) is 0 Å². The fourth-order valence-electron chi connectivity index (χ4n) is 2.86. The molecular weight excluding hydrogens is 252 g/mol. The topological polar surface area (TPSA) is 52.6 Å². The summed E-state index contributed by atoms with van der Waals surface area (Å²) >= 11 is 0. The van der Waals surface area contributed by atoms with E-state index in [0.29, 0.717) is 25.4 Å². The molecule has 4 nitrogen and oxygen atoms in total. The van der Waals surface area contributed by atoms with Gasteiger partial charge in [-0.05, 0) is 37.1 Å². The molecule has 2 N–H and O–H groups in total. The smallest absolute Gasteiger partial charge is 0.222 e. The molecule has 0 saturated carbocycles. The van der Waals surface area contributed by atoms with E-state index in [9.17, 15) is 9.90 Å². The van der Waals surface area contributed by atoms with Crippen LogP contribution in [0.2, 0.25) is 0 Å². The Morgan fingerprint density at radius 3 is 2.70 bits per heavy atom. The highest BCUT2D eigenvalue weighted by atomic mass is 16.3. The molecule has 1 fully saturated rings. The van der Waals surface area contributed by atoms with Gasteiger partial charge in [-0.2, -0.15) is 0 Å². The van der Waals surface area contributed by atoms with Gasteiger partial charge in [0.05, 0.1) is 6.10 Å². The number of hydrogen-bond acceptors (Lipinski definition) is 3. The Kier molecular flexibility index (Phi) is 6.96. The summed E-state index contributed by atoms with van der Waals surface area (Å²) in [5, 5.41) is 13.2. The van der Waals surface area contributed by atoms with Crippen LogP contribution in [0.25, 0.3) is 0 Å². The predicted molar refractivity (Wildman–Crippen MR) is 82.5 cm³/mol. The molecule has 4 heteroatoms. The lowest BCUT2D eigenvalue weighted by molar-refractivity contribution is -0.132. The van der Waals surface area contributed by atoms with Crippen LogP contribution in [0, 0.1) is 11.3 Å². The van der Waals surface area contributed by atoms with Crippen molar-refractivity contribution < 1.29 is 9.90 Å². The fraction of sp³-hybridized carbons (Fsp3) is 0.938. The maximum atomic E-state index is 12.1. The van der Waals surface area contributed by atoms with Gasteiger partial charge in [0.1, 0.15) is 0 Å². The third-order valence-corrected chi connectivity index (χ3v) is 4.27. The van der Waals surface area contributed by atoms with Crippen LogP contribution in [-0.4, -0.2) is 48.2 Å². The van der Waals surface area contributed by atoms with Gasteiger partial charge in [0.15, 0.2) is 0 Å². The van der Waals surface area contributed by atoms with Crippen molar-refractivity contribution in [3.63, 3.8) is 0 Å². The van der Waals surface area contributed by atoms with E-state index in [1.54, 1.807) is 0 Å². The highest BCUT2D eigenvalue weighted by molar-refractivity contribution is 5.76. The molecule has 1 rings (SSSR count). The molecular formula is C16H32N2O2. The van der Waals surface area contributed by atoms with Crippen molar-refractivity contribution in [1.29, 1.82) is 0 Å². The van der Waals surface area contributed by atoms with Crippen molar-refractivity contribution in [2.24, 2.45) is 11.3 Å². The van der Waals surface area contributed by atoms with Crippen LogP contribution in [0.1, 0.15) is 53.4 Å². The Morgan fingerprint density at radius 2 is 2.10 bits per heavy atom. The number of aliphatic hydroxyl groups is 1. The molecule has 1 aliphatic heterocycles. The third kappa shape index (κ3) is 5.80. The number of aliphatic hydroxyl groups excluding tert-OH is 1. The van der Waals surface area contributed by atoms with E-state index in [1.807, 2.05) is 4.90 Å². The Balaban J connectivity index is 2.44. The van der Waals surface area contributed by atoms with Crippen LogP contribution < -0.4 is 5.32 Å². The summed E-state index contributed by atoms with van der Waals surface area (Å²) in [6.45, 7) is 11.6. The van der Waals surface area contributed by atoms with Gasteiger partial charge in [-0.3, -0.25) is 4.79 Å². The number of carbonyl (C=O) groups excluding carboxylic acids is 1. The molecule has 0 bridgehead atoms. The summed E-state index contributed by atoms with van der Waals surface area (Å²) in [5.41, 5.74) is 0.261. The summed E-state index contributed by atoms with van der Waals surface area (Å²) < 4.78 is 0. The standard InChI is InChI=1S/C16H32N2O2/c1-5-9-17-11-14(19)12-18-10-8-13(16(2,3)4)6-7-15(18)20/h13-14,17,19H,5-12H2,1-4H3. The minimum atomic E-state index is -0.461. The van der Waals surface area contributed by atoms with Gasteiger partial charge in [0, 0.05) is 26.1 Å². The maximum Gasteiger partial charge on any atom is 0.222 e. The minimum absolute atomic E-state index is 0.200. The van der Waals surface area contributed by atoms with Crippen LogP contribution in [0.3, 0.4) is 0 Å². The van der Waals surface area contributed by atoms with Crippen LogP contribution >= 0.6 is 0 Å². The lowest BCUT2D eigenvalue weighted by Crippen LogP contribution is -2.41. The first-order chi connectivity index (χ1) is 9.34. The van der Waals surface area contributed by atoms with Crippen molar-refractivity contribution in [2.75, 3.05) is 26.2 Å². The van der Waals surface area contributed by atoms with Gasteiger partial charge in [0.25, 0.3) is 0 Å². The van der Waals surface area contributed by atoms with E-state index in [1.165, 1.54) is 0 Å². The monoisotopic (exact) mass is 284 g/mol. The quantitative estimate of drug-likeness (QED) is 0.734. The number of rotatable bonds is 6. The molecule has 0 aromatic heterocycles. The van der Waals surface area contributed by atoms with Crippen molar-refractivity contribution in [3.05, 3.63) is 0 Å². The highest BCUT2D eigenvalue weighted by Gasteiger charge is 2.30. The second kappa shape index (κ2) is 7.99. The Morgan fingerprint density at radius 1 is 1.40 bits per heavy atom. The molecule has 2 atom stereocenters. The van der Waals surface area contributed by atoms with Crippen molar-refractivity contribution in [1.82, 2.24) is 10.2 Å². The molecule has 1 heterocycles. The van der Waals surface area contributed by atoms with E-state index in [-0.39, 0.29) is 11.3 Å². The summed E-state index contributed by atoms with van der Waals surface area (Å²) in [6, 6.07) is 0. The average molecular weight is 284 g/mol. The molecule has 0 radical (unpaired) electrons. The Labute approximate surface area is 123 Å². The van der Waals surface area contributed by atoms with Gasteiger partial charge < -0.3 is 15.3 Å². The van der Waals surface area contributed by atoms with Gasteiger partial charge in [0.2, 0.25) is 5.91 Å². The van der Waals surface area contributed by atoms with E-state index < -0.39 is 6.10 Å². The fourth-order valence-corrected chi connectivity index (χ4v) is 2.86. The summed E-state index contributed by atoms with van der Waals surface area (Å²) in [4.78, 5) is 14.0. The van der Waals surface area contributed by atoms with Gasteiger partial charge >= 0.3 is 0 Å². The predicted octanol–water partition coefficient (Wildman–Crippen LogP) is 2.02. The Hall–Kier alpha value is -0.610. The van der Waals surface area contributed by atoms with Gasteiger partial charge in [-0.25, -0.2) is 0 Å². The molecule has 20 heavy (non-hydrogen) atoms. The second-order valence-electron chi connectivity index (χ2n) is 7.09. The molecule has 1 amide bonds. The Bertz CT molecular complexity index is 299. The number of carbonyl (C=O) groups is 1. The number of nitrogens with one attached hydrogen (secondary N) is 1. The molecule has 1 saturated heterocycles. The molecule has 118 valence electrons. The zero-order valence-electron chi connectivity index (χ0n) is 13.6. The zero-order chi connectivity index (χ0) is 15.2. The van der Waals surface area contributed by atoms with E-state index >= 15 is 0 Å². The third-order valence-electron chi connectivity index (χ3n) is 4.27. The molecule has 2 unspecified atom stereocenters. The molecule has 0 aromatic rings. The molecule has 0 aromatic carbocycles. The first kappa shape index (κ1) is 17.4. The van der Waals surface area contributed by atoms with Crippen molar-refractivity contribution in [2.45, 2.75) is 59.5 Å². The SMILES string of the molecule is CCCNCC(O)CN1CCC(C(C)(C)C)CCC1=O. The van der Waals surface area contributed by atoms with Crippen molar-refractivity contribution in [3.8, 4) is 0 Å². The second-order valence-corrected chi connectivity index (χ2v) is 7.09. The lowest BCUT2D eigenvalue weighted by atomic mass is 9.77. The average Bonchev–Trinajstić information content (AvgIpc) is 2.52. The normalized spacial score (nSPS) is 22.8. The van der Waals surface area contributed by atoms with Gasteiger partial charge in [-0.15, -0.1) is 0 Å². The van der Waals surface area contributed by atoms with Gasteiger partial charge in [-0.1, -0.05) is 27.7 Å². The van der Waals surface area contributed by atoms with E-state index in [0.717, 1.165) is 32.4 Å². The molecule has 0 aliphatic carbocycles. The number of β-amino-alcohol motifs (C(OH)–C–C–N with tert-alkyl or cyclic N) is 1. The minimum Gasteiger partial charge on any atom is -0.390 e. The van der Waals surface area contributed by atoms with Crippen molar-refractivity contribution >= 4 is 5.91 Å². The number of amides is 1.